The van der Waals surface area contributed by atoms with Crippen LogP contribution in [0.3, 0.4) is 0 Å². The molecule has 0 heterocycles. The van der Waals surface area contributed by atoms with Crippen molar-refractivity contribution in [3.05, 3.63) is 29.8 Å². The minimum atomic E-state index is 0.232. The van der Waals surface area contributed by atoms with Crippen LogP contribution in [0.5, 0.6) is 0 Å². The van der Waals surface area contributed by atoms with Crippen molar-refractivity contribution in [2.75, 3.05) is 24.5 Å². The summed E-state index contributed by atoms with van der Waals surface area (Å²) >= 11 is 0. The van der Waals surface area contributed by atoms with E-state index in [0.29, 0.717) is 0 Å². The van der Waals surface area contributed by atoms with Crippen molar-refractivity contribution in [2.24, 2.45) is 11.1 Å². The van der Waals surface area contributed by atoms with Crippen LogP contribution < -0.4 is 10.6 Å². The molecule has 0 radical (unpaired) electrons. The van der Waals surface area contributed by atoms with Gasteiger partial charge in [0.15, 0.2) is 0 Å². The molecule has 0 spiro atoms. The molecule has 2 N–H and O–H groups in total. The number of nitrogens with two attached hydrogens (primary N) is 1. The van der Waals surface area contributed by atoms with Crippen molar-refractivity contribution in [2.45, 2.75) is 34.1 Å². The lowest BCUT2D eigenvalue weighted by Crippen LogP contribution is -2.32. The van der Waals surface area contributed by atoms with Crippen LogP contribution in [0.15, 0.2) is 24.3 Å². The highest BCUT2D eigenvalue weighted by Crippen LogP contribution is 2.23. The number of nitrogens with zero attached hydrogens (tertiary/aromatic N) is 1. The van der Waals surface area contributed by atoms with Crippen LogP contribution >= 0.6 is 0 Å². The van der Waals surface area contributed by atoms with Gasteiger partial charge in [-0.2, -0.15) is 0 Å². The Morgan fingerprint density at radius 2 is 1.88 bits per heavy atom. The second-order valence-electron chi connectivity index (χ2n) is 5.48. The minimum Gasteiger partial charge on any atom is -0.372 e. The van der Waals surface area contributed by atoms with Crippen molar-refractivity contribution in [1.82, 2.24) is 0 Å². The maximum Gasteiger partial charge on any atom is 0.0395 e. The van der Waals surface area contributed by atoms with Crippen LogP contribution in [-0.4, -0.2) is 19.6 Å². The lowest BCUT2D eigenvalue weighted by atomic mass is 9.89. The van der Waals surface area contributed by atoms with E-state index >= 15 is 0 Å². The van der Waals surface area contributed by atoms with Crippen molar-refractivity contribution in [3.63, 3.8) is 0 Å². The molecule has 96 valence electrons. The number of rotatable bonds is 6. The van der Waals surface area contributed by atoms with Crippen LogP contribution in [0.4, 0.5) is 5.69 Å². The van der Waals surface area contributed by atoms with Gasteiger partial charge in [0.25, 0.3) is 0 Å². The van der Waals surface area contributed by atoms with Gasteiger partial charge in [0, 0.05) is 18.8 Å². The molecule has 1 rings (SSSR count). The van der Waals surface area contributed by atoms with Gasteiger partial charge in [-0.15, -0.1) is 0 Å². The quantitative estimate of drug-likeness (QED) is 0.819. The molecule has 0 fully saturated rings. The first kappa shape index (κ1) is 14.0. The highest BCUT2D eigenvalue weighted by molar-refractivity contribution is 5.52. The summed E-state index contributed by atoms with van der Waals surface area (Å²) in [7, 11) is 0. The van der Waals surface area contributed by atoms with E-state index in [0.717, 1.165) is 26.1 Å². The molecule has 0 aliphatic carbocycles. The average Bonchev–Trinajstić information content (AvgIpc) is 2.32. The zero-order valence-corrected chi connectivity index (χ0v) is 11.7. The lowest BCUT2D eigenvalue weighted by Gasteiger charge is -2.30. The number of anilines is 1. The lowest BCUT2D eigenvalue weighted by molar-refractivity contribution is 0.349. The van der Waals surface area contributed by atoms with Gasteiger partial charge in [-0.1, -0.05) is 32.0 Å². The number of hydrogen-bond acceptors (Lipinski definition) is 2. The Bertz CT molecular complexity index is 345. The zero-order chi connectivity index (χ0) is 12.9. The molecule has 0 unspecified atom stereocenters. The first-order chi connectivity index (χ1) is 8.00. The van der Waals surface area contributed by atoms with E-state index in [1.54, 1.807) is 0 Å². The van der Waals surface area contributed by atoms with Gasteiger partial charge in [-0.25, -0.2) is 0 Å². The van der Waals surface area contributed by atoms with E-state index in [-0.39, 0.29) is 5.41 Å². The average molecular weight is 234 g/mol. The summed E-state index contributed by atoms with van der Waals surface area (Å²) in [6, 6.07) is 8.58. The first-order valence-corrected chi connectivity index (χ1v) is 6.51. The molecular weight excluding hydrogens is 208 g/mol. The van der Waals surface area contributed by atoms with E-state index in [2.05, 4.69) is 56.9 Å². The monoisotopic (exact) mass is 234 g/mol. The Morgan fingerprint density at radius 3 is 2.41 bits per heavy atom. The van der Waals surface area contributed by atoms with Crippen LogP contribution in [0.2, 0.25) is 0 Å². The maximum absolute atomic E-state index is 5.78. The fourth-order valence-electron chi connectivity index (χ4n) is 1.91. The number of para-hydroxylation sites is 1. The molecule has 0 aliphatic rings. The number of aryl methyl sites for hydroxylation is 1. The van der Waals surface area contributed by atoms with E-state index in [4.69, 9.17) is 5.73 Å². The van der Waals surface area contributed by atoms with E-state index in [9.17, 15) is 0 Å². The summed E-state index contributed by atoms with van der Waals surface area (Å²) in [6.07, 6.45) is 1.13. The third kappa shape index (κ3) is 4.04. The summed E-state index contributed by atoms with van der Waals surface area (Å²) in [6.45, 7) is 11.7. The summed E-state index contributed by atoms with van der Waals surface area (Å²) in [5.74, 6) is 0. The van der Waals surface area contributed by atoms with Crippen LogP contribution in [-0.2, 0) is 0 Å². The first-order valence-electron chi connectivity index (χ1n) is 6.51. The van der Waals surface area contributed by atoms with Crippen LogP contribution in [0.1, 0.15) is 32.8 Å². The molecule has 0 aromatic heterocycles. The molecule has 2 nitrogen and oxygen atoms in total. The molecule has 0 atom stereocenters. The summed E-state index contributed by atoms with van der Waals surface area (Å²) < 4.78 is 0. The second kappa shape index (κ2) is 6.06. The zero-order valence-electron chi connectivity index (χ0n) is 11.7. The number of benzene rings is 1. The fourth-order valence-corrected chi connectivity index (χ4v) is 1.91. The molecule has 0 bridgehead atoms. The standard InChI is InChI=1S/C15H26N2/c1-5-17(11-10-15(3,4)12-16)14-9-7-6-8-13(14)2/h6-9H,5,10-12,16H2,1-4H3. The third-order valence-electron chi connectivity index (χ3n) is 3.45. The Hall–Kier alpha value is -1.02. The normalized spacial score (nSPS) is 11.6. The fraction of sp³-hybridized carbons (Fsp3) is 0.600. The Kier molecular flexibility index (Phi) is 5.01. The molecule has 0 aliphatic heterocycles. The molecule has 1 aromatic rings. The van der Waals surface area contributed by atoms with E-state index in [1.807, 2.05) is 0 Å². The molecule has 0 amide bonds. The summed E-state index contributed by atoms with van der Waals surface area (Å²) in [5.41, 5.74) is 8.71. The van der Waals surface area contributed by atoms with Crippen molar-refractivity contribution in [3.8, 4) is 0 Å². The maximum atomic E-state index is 5.78. The van der Waals surface area contributed by atoms with Gasteiger partial charge in [0.1, 0.15) is 0 Å². The Balaban J connectivity index is 2.70. The smallest absolute Gasteiger partial charge is 0.0395 e. The Morgan fingerprint density at radius 1 is 1.24 bits per heavy atom. The molecule has 2 heteroatoms. The van der Waals surface area contributed by atoms with Gasteiger partial charge >= 0.3 is 0 Å². The molecule has 1 aromatic carbocycles. The van der Waals surface area contributed by atoms with Crippen molar-refractivity contribution in [1.29, 1.82) is 0 Å². The largest absolute Gasteiger partial charge is 0.372 e. The summed E-state index contributed by atoms with van der Waals surface area (Å²) in [4.78, 5) is 2.44. The SMILES string of the molecule is CCN(CCC(C)(C)CN)c1ccccc1C. The van der Waals surface area contributed by atoms with Gasteiger partial charge in [-0.05, 0) is 43.9 Å². The highest BCUT2D eigenvalue weighted by atomic mass is 15.1. The number of hydrogen-bond donors (Lipinski definition) is 1. The van der Waals surface area contributed by atoms with Gasteiger partial charge < -0.3 is 10.6 Å². The van der Waals surface area contributed by atoms with Gasteiger partial charge in [0.05, 0.1) is 0 Å². The predicted molar refractivity (Wildman–Crippen MR) is 76.5 cm³/mol. The molecular formula is C15H26N2. The molecule has 0 saturated heterocycles. The van der Waals surface area contributed by atoms with Crippen LogP contribution in [0.25, 0.3) is 0 Å². The van der Waals surface area contributed by atoms with Gasteiger partial charge in [-0.3, -0.25) is 0 Å². The van der Waals surface area contributed by atoms with Gasteiger partial charge in [0.2, 0.25) is 0 Å². The Labute approximate surface area is 106 Å². The third-order valence-corrected chi connectivity index (χ3v) is 3.45. The topological polar surface area (TPSA) is 29.3 Å². The van der Waals surface area contributed by atoms with E-state index in [1.165, 1.54) is 11.3 Å². The second-order valence-corrected chi connectivity index (χ2v) is 5.48. The minimum absolute atomic E-state index is 0.232. The predicted octanol–water partition coefficient (Wildman–Crippen LogP) is 3.20. The van der Waals surface area contributed by atoms with Crippen molar-refractivity contribution < 1.29 is 0 Å². The van der Waals surface area contributed by atoms with Crippen molar-refractivity contribution >= 4 is 5.69 Å². The highest BCUT2D eigenvalue weighted by Gasteiger charge is 2.17. The molecule has 17 heavy (non-hydrogen) atoms. The molecule has 0 saturated carbocycles. The van der Waals surface area contributed by atoms with Crippen LogP contribution in [0, 0.1) is 12.3 Å². The summed E-state index contributed by atoms with van der Waals surface area (Å²) in [5, 5.41) is 0. The van der Waals surface area contributed by atoms with E-state index < -0.39 is 0 Å².